The van der Waals surface area contributed by atoms with Crippen molar-refractivity contribution in [2.45, 2.75) is 13.0 Å². The minimum atomic E-state index is -0.254. The van der Waals surface area contributed by atoms with Crippen molar-refractivity contribution >= 4 is 17.6 Å². The van der Waals surface area contributed by atoms with E-state index in [0.29, 0.717) is 11.6 Å². The lowest BCUT2D eigenvalue weighted by molar-refractivity contribution is -0.117. The van der Waals surface area contributed by atoms with Gasteiger partial charge in [0.25, 0.3) is 0 Å². The molecule has 0 radical (unpaired) electrons. The van der Waals surface area contributed by atoms with Gasteiger partial charge in [0.1, 0.15) is 5.76 Å². The fourth-order valence-corrected chi connectivity index (χ4v) is 2.03. The first-order valence-electron chi connectivity index (χ1n) is 6.56. The molecular formula is C15H14N4O2. The Labute approximate surface area is 121 Å². The van der Waals surface area contributed by atoms with Gasteiger partial charge in [0.15, 0.2) is 11.5 Å². The molecule has 1 atom stereocenters. The van der Waals surface area contributed by atoms with Crippen LogP contribution in [-0.2, 0) is 4.79 Å². The summed E-state index contributed by atoms with van der Waals surface area (Å²) in [6.45, 7) is 1.86. The lowest BCUT2D eigenvalue weighted by Crippen LogP contribution is -2.26. The average Bonchev–Trinajstić information content (AvgIpc) is 3.14. The van der Waals surface area contributed by atoms with Gasteiger partial charge in [-0.3, -0.25) is 9.20 Å². The summed E-state index contributed by atoms with van der Waals surface area (Å²) in [5.41, 5.74) is 0.750. The third kappa shape index (κ3) is 2.84. The van der Waals surface area contributed by atoms with E-state index in [0.717, 1.165) is 5.65 Å². The van der Waals surface area contributed by atoms with Crippen molar-refractivity contribution in [2.75, 3.05) is 0 Å². The maximum atomic E-state index is 11.9. The quantitative estimate of drug-likeness (QED) is 0.745. The summed E-state index contributed by atoms with van der Waals surface area (Å²) in [5.74, 6) is 1.10. The molecular weight excluding hydrogens is 268 g/mol. The van der Waals surface area contributed by atoms with Crippen LogP contribution in [-0.4, -0.2) is 20.5 Å². The molecule has 1 amide bonds. The maximum absolute atomic E-state index is 11.9. The summed E-state index contributed by atoms with van der Waals surface area (Å²) in [6.07, 6.45) is 6.47. The Hall–Kier alpha value is -2.89. The number of amides is 1. The number of carbonyl (C=O) groups is 1. The highest BCUT2D eigenvalue weighted by atomic mass is 16.3. The first-order chi connectivity index (χ1) is 10.2. The van der Waals surface area contributed by atoms with Gasteiger partial charge in [-0.2, -0.15) is 0 Å². The third-order valence-electron chi connectivity index (χ3n) is 3.03. The van der Waals surface area contributed by atoms with Gasteiger partial charge in [-0.25, -0.2) is 0 Å². The fraction of sp³-hybridized carbons (Fsp3) is 0.133. The molecule has 21 heavy (non-hydrogen) atoms. The highest BCUT2D eigenvalue weighted by molar-refractivity contribution is 5.91. The minimum Gasteiger partial charge on any atom is -0.465 e. The lowest BCUT2D eigenvalue weighted by Gasteiger charge is -2.10. The number of nitrogens with one attached hydrogen (secondary N) is 1. The van der Waals surface area contributed by atoms with Gasteiger partial charge in [-0.1, -0.05) is 6.07 Å². The van der Waals surface area contributed by atoms with Crippen molar-refractivity contribution in [3.8, 4) is 0 Å². The molecule has 3 aromatic rings. The summed E-state index contributed by atoms with van der Waals surface area (Å²) in [5, 5.41) is 11.0. The monoisotopic (exact) mass is 282 g/mol. The van der Waals surface area contributed by atoms with Crippen LogP contribution >= 0.6 is 0 Å². The van der Waals surface area contributed by atoms with Gasteiger partial charge in [-0.15, -0.1) is 10.2 Å². The van der Waals surface area contributed by atoms with Gasteiger partial charge in [0, 0.05) is 12.3 Å². The van der Waals surface area contributed by atoms with Crippen molar-refractivity contribution in [1.29, 1.82) is 0 Å². The number of carbonyl (C=O) groups excluding carboxylic acids is 1. The molecule has 0 aliphatic rings. The predicted molar refractivity (Wildman–Crippen MR) is 77.3 cm³/mol. The second-order valence-corrected chi connectivity index (χ2v) is 4.57. The second kappa shape index (κ2) is 5.62. The van der Waals surface area contributed by atoms with E-state index >= 15 is 0 Å². The number of hydrogen-bond acceptors (Lipinski definition) is 4. The van der Waals surface area contributed by atoms with Gasteiger partial charge in [0.05, 0.1) is 12.3 Å². The van der Waals surface area contributed by atoms with Crippen molar-refractivity contribution < 1.29 is 9.21 Å². The molecule has 0 aliphatic carbocycles. The molecule has 3 aromatic heterocycles. The smallest absolute Gasteiger partial charge is 0.244 e. The summed E-state index contributed by atoms with van der Waals surface area (Å²) in [7, 11) is 0. The largest absolute Gasteiger partial charge is 0.465 e. The highest BCUT2D eigenvalue weighted by Crippen LogP contribution is 2.11. The molecule has 0 saturated carbocycles. The first-order valence-corrected chi connectivity index (χ1v) is 6.56. The number of aromatic nitrogens is 3. The van der Waals surface area contributed by atoms with Crippen LogP contribution in [0.4, 0.5) is 0 Å². The third-order valence-corrected chi connectivity index (χ3v) is 3.03. The van der Waals surface area contributed by atoms with Crippen LogP contribution in [0.2, 0.25) is 0 Å². The Bertz CT molecular complexity index is 774. The van der Waals surface area contributed by atoms with Crippen LogP contribution in [0, 0.1) is 0 Å². The van der Waals surface area contributed by atoms with E-state index in [4.69, 9.17) is 4.42 Å². The Balaban J connectivity index is 1.71. The molecule has 1 unspecified atom stereocenters. The molecule has 0 spiro atoms. The number of fused-ring (bicyclic) bond motifs is 1. The number of nitrogens with zero attached hydrogens (tertiary/aromatic N) is 3. The van der Waals surface area contributed by atoms with Crippen molar-refractivity contribution in [3.05, 3.63) is 60.5 Å². The predicted octanol–water partition coefficient (Wildman–Crippen LogP) is 2.21. The Morgan fingerprint density at radius 3 is 3.05 bits per heavy atom. The highest BCUT2D eigenvalue weighted by Gasteiger charge is 2.14. The maximum Gasteiger partial charge on any atom is 0.244 e. The van der Waals surface area contributed by atoms with Crippen LogP contribution in [0.5, 0.6) is 0 Å². The van der Waals surface area contributed by atoms with E-state index < -0.39 is 0 Å². The van der Waals surface area contributed by atoms with E-state index in [1.807, 2.05) is 35.7 Å². The standard InChI is InChI=1S/C15H14N4O2/c1-11(15-18-17-13-6-2-3-9-19(13)15)16-14(20)8-7-12-5-4-10-21-12/h2-11H,1H3,(H,16,20)/b8-7+. The van der Waals surface area contributed by atoms with E-state index in [-0.39, 0.29) is 11.9 Å². The number of hydrogen-bond donors (Lipinski definition) is 1. The molecule has 3 heterocycles. The zero-order chi connectivity index (χ0) is 14.7. The van der Waals surface area contributed by atoms with Gasteiger partial charge >= 0.3 is 0 Å². The Morgan fingerprint density at radius 2 is 2.24 bits per heavy atom. The molecule has 6 nitrogen and oxygen atoms in total. The number of rotatable bonds is 4. The van der Waals surface area contributed by atoms with Crippen molar-refractivity contribution in [2.24, 2.45) is 0 Å². The van der Waals surface area contributed by atoms with Crippen LogP contribution in [0.3, 0.4) is 0 Å². The molecule has 106 valence electrons. The minimum absolute atomic E-state index is 0.216. The zero-order valence-corrected chi connectivity index (χ0v) is 11.4. The SMILES string of the molecule is CC(NC(=O)/C=C/c1ccco1)c1nnc2ccccn12. The molecule has 0 saturated heterocycles. The van der Waals surface area contributed by atoms with E-state index in [1.54, 1.807) is 24.5 Å². The fourth-order valence-electron chi connectivity index (χ4n) is 2.03. The molecule has 6 heteroatoms. The molecule has 0 aliphatic heterocycles. The summed E-state index contributed by atoms with van der Waals surface area (Å²) < 4.78 is 6.97. The topological polar surface area (TPSA) is 72.4 Å². The average molecular weight is 282 g/mol. The molecule has 1 N–H and O–H groups in total. The van der Waals surface area contributed by atoms with Crippen LogP contribution < -0.4 is 5.32 Å². The molecule has 0 bridgehead atoms. The van der Waals surface area contributed by atoms with E-state index in [1.165, 1.54) is 6.08 Å². The Morgan fingerprint density at radius 1 is 1.33 bits per heavy atom. The number of furan rings is 1. The molecule has 0 aromatic carbocycles. The van der Waals surface area contributed by atoms with Gasteiger partial charge in [-0.05, 0) is 37.3 Å². The van der Waals surface area contributed by atoms with Gasteiger partial charge < -0.3 is 9.73 Å². The Kier molecular flexibility index (Phi) is 3.51. The van der Waals surface area contributed by atoms with Crippen LogP contribution in [0.1, 0.15) is 24.6 Å². The summed E-state index contributed by atoms with van der Waals surface area (Å²) in [6, 6.07) is 8.94. The van der Waals surface area contributed by atoms with Gasteiger partial charge in [0.2, 0.25) is 5.91 Å². The summed E-state index contributed by atoms with van der Waals surface area (Å²) >= 11 is 0. The van der Waals surface area contributed by atoms with Crippen molar-refractivity contribution in [1.82, 2.24) is 19.9 Å². The first kappa shape index (κ1) is 13.1. The van der Waals surface area contributed by atoms with Crippen LogP contribution in [0.25, 0.3) is 11.7 Å². The van der Waals surface area contributed by atoms with Crippen molar-refractivity contribution in [3.63, 3.8) is 0 Å². The van der Waals surface area contributed by atoms with E-state index in [2.05, 4.69) is 15.5 Å². The normalized spacial score (nSPS) is 12.8. The number of pyridine rings is 1. The lowest BCUT2D eigenvalue weighted by atomic mass is 10.3. The molecule has 3 rings (SSSR count). The zero-order valence-electron chi connectivity index (χ0n) is 11.4. The van der Waals surface area contributed by atoms with E-state index in [9.17, 15) is 4.79 Å². The van der Waals surface area contributed by atoms with Crippen LogP contribution in [0.15, 0.2) is 53.3 Å². The second-order valence-electron chi connectivity index (χ2n) is 4.57. The molecule has 0 fully saturated rings. The summed E-state index contributed by atoms with van der Waals surface area (Å²) in [4.78, 5) is 11.9.